The molecule has 3 N–H and O–H groups in total. The van der Waals surface area contributed by atoms with E-state index in [-0.39, 0.29) is 12.8 Å². The number of carbonyl (C=O) groups excluding carboxylic acids is 2. The van der Waals surface area contributed by atoms with Crippen molar-refractivity contribution < 1.29 is 47.8 Å². The Kier molecular flexibility index (Phi) is 41.0. The van der Waals surface area contributed by atoms with E-state index in [4.69, 9.17) is 18.5 Å². The fourth-order valence-electron chi connectivity index (χ4n) is 6.26. The molecule has 0 spiro atoms. The van der Waals surface area contributed by atoms with Gasteiger partial charge < -0.3 is 24.6 Å². The van der Waals surface area contributed by atoms with Crippen LogP contribution in [0.5, 0.6) is 0 Å². The third-order valence-electron chi connectivity index (χ3n) is 9.82. The van der Waals surface area contributed by atoms with Gasteiger partial charge in [-0.2, -0.15) is 0 Å². The second-order valence-corrected chi connectivity index (χ2v) is 16.8. The lowest BCUT2D eigenvalue weighted by Crippen LogP contribution is -2.28. The molecular formula is C46H85O10P. The molecule has 0 aliphatic rings. The van der Waals surface area contributed by atoms with Crippen LogP contribution in [-0.2, 0) is 32.7 Å². The van der Waals surface area contributed by atoms with Crippen LogP contribution in [0, 0.1) is 0 Å². The van der Waals surface area contributed by atoms with E-state index < -0.39 is 58.4 Å². The lowest BCUT2D eigenvalue weighted by atomic mass is 10.1. The van der Waals surface area contributed by atoms with Crippen LogP contribution in [0.1, 0.15) is 206 Å². The molecule has 0 heterocycles. The lowest BCUT2D eigenvalue weighted by Gasteiger charge is -2.20. The fourth-order valence-corrected chi connectivity index (χ4v) is 7.04. The van der Waals surface area contributed by atoms with E-state index in [0.29, 0.717) is 12.8 Å². The van der Waals surface area contributed by atoms with Crippen molar-refractivity contribution >= 4 is 19.8 Å². The van der Waals surface area contributed by atoms with E-state index in [0.717, 1.165) is 70.6 Å². The number of rotatable bonds is 43. The van der Waals surface area contributed by atoms with Crippen molar-refractivity contribution in [3.05, 3.63) is 36.5 Å². The molecule has 0 aromatic heterocycles. The number of esters is 2. The molecule has 3 unspecified atom stereocenters. The van der Waals surface area contributed by atoms with Crippen molar-refractivity contribution in [2.45, 2.75) is 219 Å². The Morgan fingerprint density at radius 1 is 0.474 bits per heavy atom. The highest BCUT2D eigenvalue weighted by Crippen LogP contribution is 2.43. The number of phosphoric ester groups is 1. The van der Waals surface area contributed by atoms with Gasteiger partial charge in [0.15, 0.2) is 0 Å². The Morgan fingerprint density at radius 3 is 1.14 bits per heavy atom. The molecule has 0 saturated heterocycles. The third-order valence-corrected chi connectivity index (χ3v) is 10.8. The molecule has 0 radical (unpaired) electrons. The van der Waals surface area contributed by atoms with Gasteiger partial charge in [-0.3, -0.25) is 18.6 Å². The van der Waals surface area contributed by atoms with E-state index >= 15 is 0 Å². The topological polar surface area (TPSA) is 149 Å². The number of hydrogen-bond donors (Lipinski definition) is 3. The largest absolute Gasteiger partial charge is 0.472 e. The average Bonchev–Trinajstić information content (AvgIpc) is 3.20. The minimum absolute atomic E-state index is 0.183. The molecule has 10 nitrogen and oxygen atoms in total. The first-order valence-corrected chi connectivity index (χ1v) is 24.4. The highest BCUT2D eigenvalue weighted by molar-refractivity contribution is 7.47. The molecule has 0 saturated carbocycles. The molecule has 3 atom stereocenters. The van der Waals surface area contributed by atoms with Crippen LogP contribution in [0.2, 0.25) is 0 Å². The van der Waals surface area contributed by atoms with Crippen molar-refractivity contribution in [1.29, 1.82) is 0 Å². The fraction of sp³-hybridized carbons (Fsp3) is 0.826. The Morgan fingerprint density at radius 2 is 0.772 bits per heavy atom. The summed E-state index contributed by atoms with van der Waals surface area (Å²) in [5, 5.41) is 19.2. The van der Waals surface area contributed by atoms with Gasteiger partial charge in [-0.05, 0) is 70.6 Å². The normalized spacial score (nSPS) is 14.1. The number of aliphatic hydroxyl groups excluding tert-OH is 2. The summed E-state index contributed by atoms with van der Waals surface area (Å²) in [5.41, 5.74) is 0. The standard InChI is InChI=1S/C46H85O10P/c1-3-5-7-9-11-13-15-17-19-20-21-22-24-26-28-30-32-34-36-38-46(50)56-44(40-48)42-54-57(51,52)53-41-43(39-47)55-45(49)37-35-33-31-29-27-25-23-18-16-14-12-10-8-6-4-2/h11,13,17-19,23,43-44,47-48H,3-10,12,14-16,20-22,24-42H2,1-2H3,(H,51,52)/b13-11-,19-17-,23-18-. The number of phosphoric acid groups is 1. The summed E-state index contributed by atoms with van der Waals surface area (Å²) in [6.45, 7) is 2.18. The van der Waals surface area contributed by atoms with Crippen LogP contribution in [0.3, 0.4) is 0 Å². The zero-order valence-corrected chi connectivity index (χ0v) is 37.2. The van der Waals surface area contributed by atoms with Crippen LogP contribution in [0.15, 0.2) is 36.5 Å². The van der Waals surface area contributed by atoms with Crippen molar-refractivity contribution in [1.82, 2.24) is 0 Å². The molecule has 334 valence electrons. The highest BCUT2D eigenvalue weighted by Gasteiger charge is 2.27. The first kappa shape index (κ1) is 55.2. The van der Waals surface area contributed by atoms with E-state index in [1.165, 1.54) is 96.3 Å². The molecule has 0 amide bonds. The Hall–Kier alpha value is -1.81. The maximum absolute atomic E-state index is 12.4. The molecule has 57 heavy (non-hydrogen) atoms. The number of ether oxygens (including phenoxy) is 2. The monoisotopic (exact) mass is 829 g/mol. The van der Waals surface area contributed by atoms with Crippen LogP contribution >= 0.6 is 7.82 Å². The van der Waals surface area contributed by atoms with Gasteiger partial charge in [0, 0.05) is 12.8 Å². The summed E-state index contributed by atoms with van der Waals surface area (Å²) >= 11 is 0. The quantitative estimate of drug-likeness (QED) is 0.0235. The molecule has 11 heteroatoms. The van der Waals surface area contributed by atoms with Crippen molar-refractivity contribution in [2.24, 2.45) is 0 Å². The third kappa shape index (κ3) is 40.7. The van der Waals surface area contributed by atoms with Gasteiger partial charge in [-0.25, -0.2) is 4.57 Å². The number of hydrogen-bond acceptors (Lipinski definition) is 9. The molecule has 0 fully saturated rings. The van der Waals surface area contributed by atoms with E-state index in [9.17, 15) is 29.3 Å². The minimum atomic E-state index is -4.64. The number of carbonyl (C=O) groups is 2. The maximum atomic E-state index is 12.4. The molecule has 0 aliphatic carbocycles. The number of unbranched alkanes of at least 4 members (excludes halogenated alkanes) is 23. The van der Waals surface area contributed by atoms with Gasteiger partial charge in [0.25, 0.3) is 0 Å². The van der Waals surface area contributed by atoms with Gasteiger partial charge in [0.1, 0.15) is 12.2 Å². The SMILES string of the molecule is CCCCC/C=C\C/C=C\CCCCCCCCCCCC(=O)OC(CO)COP(=O)(O)OCC(CO)OC(=O)CCCCCCC/C=C\CCCCCCCC. The molecular weight excluding hydrogens is 743 g/mol. The Labute approximate surface area is 348 Å². The average molecular weight is 829 g/mol. The summed E-state index contributed by atoms with van der Waals surface area (Å²) in [5.74, 6) is -1.03. The van der Waals surface area contributed by atoms with Gasteiger partial charge in [0.05, 0.1) is 26.4 Å². The van der Waals surface area contributed by atoms with Gasteiger partial charge in [0.2, 0.25) is 0 Å². The first-order chi connectivity index (χ1) is 27.8. The first-order valence-electron chi connectivity index (χ1n) is 22.9. The predicted molar refractivity (Wildman–Crippen MR) is 233 cm³/mol. The molecule has 0 rings (SSSR count). The van der Waals surface area contributed by atoms with Crippen LogP contribution in [-0.4, -0.2) is 65.7 Å². The summed E-state index contributed by atoms with van der Waals surface area (Å²) < 4.78 is 32.6. The summed E-state index contributed by atoms with van der Waals surface area (Å²) in [4.78, 5) is 34.6. The molecule has 0 aliphatic heterocycles. The summed E-state index contributed by atoms with van der Waals surface area (Å²) in [6, 6.07) is 0. The smallest absolute Gasteiger partial charge is 0.457 e. The highest BCUT2D eigenvalue weighted by atomic mass is 31.2. The second kappa shape index (κ2) is 42.3. The van der Waals surface area contributed by atoms with E-state index in [1.54, 1.807) is 0 Å². The van der Waals surface area contributed by atoms with Crippen LogP contribution < -0.4 is 0 Å². The van der Waals surface area contributed by atoms with Crippen molar-refractivity contribution in [3.8, 4) is 0 Å². The summed E-state index contributed by atoms with van der Waals surface area (Å²) in [6.07, 6.45) is 44.0. The Balaban J connectivity index is 3.90. The van der Waals surface area contributed by atoms with Crippen molar-refractivity contribution in [3.63, 3.8) is 0 Å². The zero-order valence-electron chi connectivity index (χ0n) is 36.3. The summed E-state index contributed by atoms with van der Waals surface area (Å²) in [7, 11) is -4.64. The number of aliphatic hydroxyl groups is 2. The van der Waals surface area contributed by atoms with Gasteiger partial charge >= 0.3 is 19.8 Å². The Bertz CT molecular complexity index is 1050. The number of allylic oxidation sites excluding steroid dienone is 6. The van der Waals surface area contributed by atoms with Crippen molar-refractivity contribution in [2.75, 3.05) is 26.4 Å². The maximum Gasteiger partial charge on any atom is 0.472 e. The second-order valence-electron chi connectivity index (χ2n) is 15.4. The molecule has 0 bridgehead atoms. The lowest BCUT2D eigenvalue weighted by molar-refractivity contribution is -0.153. The molecule has 0 aromatic rings. The molecule has 0 aromatic carbocycles. The van der Waals surface area contributed by atoms with Crippen LogP contribution in [0.4, 0.5) is 0 Å². The van der Waals surface area contributed by atoms with Gasteiger partial charge in [-0.15, -0.1) is 0 Å². The minimum Gasteiger partial charge on any atom is -0.457 e. The predicted octanol–water partition coefficient (Wildman–Crippen LogP) is 12.3. The zero-order chi connectivity index (χ0) is 41.9. The van der Waals surface area contributed by atoms with E-state index in [1.807, 2.05) is 0 Å². The van der Waals surface area contributed by atoms with Crippen LogP contribution in [0.25, 0.3) is 0 Å². The van der Waals surface area contributed by atoms with Gasteiger partial charge in [-0.1, -0.05) is 159 Å². The van der Waals surface area contributed by atoms with E-state index in [2.05, 4.69) is 50.3 Å².